The third kappa shape index (κ3) is 2.90. The summed E-state index contributed by atoms with van der Waals surface area (Å²) in [5, 5.41) is 0. The standard InChI is InChI=1S/C21H24N4O2/c1-12-16(21(26)27-3)17(13-7-5-4-6-8-13)18-19(22)14-11-25(2)10-9-15(14)24-20(18)23-12/h4-8,16-17H,9-11H2,1-3H3,(H2,22,24). The van der Waals surface area contributed by atoms with E-state index in [-0.39, 0.29) is 11.9 Å². The van der Waals surface area contributed by atoms with Crippen molar-refractivity contribution in [1.82, 2.24) is 9.88 Å². The van der Waals surface area contributed by atoms with Gasteiger partial charge in [-0.3, -0.25) is 4.79 Å². The summed E-state index contributed by atoms with van der Waals surface area (Å²) in [7, 11) is 3.49. The molecule has 0 radical (unpaired) electrons. The highest BCUT2D eigenvalue weighted by Gasteiger charge is 2.41. The van der Waals surface area contributed by atoms with E-state index >= 15 is 0 Å². The smallest absolute Gasteiger partial charge is 0.315 e. The molecule has 2 aromatic rings. The summed E-state index contributed by atoms with van der Waals surface area (Å²) in [4.78, 5) is 24.4. The average Bonchev–Trinajstić information content (AvgIpc) is 2.68. The zero-order valence-electron chi connectivity index (χ0n) is 15.9. The number of nitrogens with two attached hydrogens (primary N) is 1. The lowest BCUT2D eigenvalue weighted by Gasteiger charge is -2.34. The van der Waals surface area contributed by atoms with Crippen LogP contribution in [0.5, 0.6) is 0 Å². The zero-order valence-corrected chi connectivity index (χ0v) is 15.9. The minimum Gasteiger partial charge on any atom is -0.468 e. The number of nitrogen functional groups attached to an aromatic ring is 1. The van der Waals surface area contributed by atoms with Gasteiger partial charge < -0.3 is 15.4 Å². The molecule has 0 aliphatic carbocycles. The molecule has 1 aromatic heterocycles. The lowest BCUT2D eigenvalue weighted by Crippen LogP contribution is -2.35. The van der Waals surface area contributed by atoms with Gasteiger partial charge in [-0.25, -0.2) is 9.98 Å². The Morgan fingerprint density at radius 2 is 2.04 bits per heavy atom. The van der Waals surface area contributed by atoms with Crippen molar-refractivity contribution < 1.29 is 9.53 Å². The van der Waals surface area contributed by atoms with Gasteiger partial charge in [0.05, 0.1) is 12.8 Å². The molecule has 140 valence electrons. The van der Waals surface area contributed by atoms with E-state index in [1.807, 2.05) is 37.3 Å². The van der Waals surface area contributed by atoms with Crippen LogP contribution in [0, 0.1) is 5.92 Å². The summed E-state index contributed by atoms with van der Waals surface area (Å²) in [6, 6.07) is 9.95. The van der Waals surface area contributed by atoms with Gasteiger partial charge >= 0.3 is 5.97 Å². The van der Waals surface area contributed by atoms with Gasteiger partial charge in [-0.1, -0.05) is 30.3 Å². The topological polar surface area (TPSA) is 80.8 Å². The Hall–Kier alpha value is -2.73. The second-order valence-corrected chi connectivity index (χ2v) is 7.32. The molecule has 6 heteroatoms. The molecule has 4 rings (SSSR count). The van der Waals surface area contributed by atoms with Crippen LogP contribution in [-0.4, -0.2) is 42.3 Å². The highest BCUT2D eigenvalue weighted by molar-refractivity contribution is 6.05. The number of methoxy groups -OCH3 is 1. The van der Waals surface area contributed by atoms with Crippen molar-refractivity contribution in [2.24, 2.45) is 10.9 Å². The number of aromatic nitrogens is 1. The number of fused-ring (bicyclic) bond motifs is 2. The highest BCUT2D eigenvalue weighted by Crippen LogP contribution is 2.46. The Morgan fingerprint density at radius 1 is 1.30 bits per heavy atom. The van der Waals surface area contributed by atoms with Gasteiger partial charge in [-0.2, -0.15) is 0 Å². The van der Waals surface area contributed by atoms with E-state index in [9.17, 15) is 4.79 Å². The van der Waals surface area contributed by atoms with Gasteiger partial charge in [-0.05, 0) is 19.5 Å². The summed E-state index contributed by atoms with van der Waals surface area (Å²) < 4.78 is 5.11. The minimum atomic E-state index is -0.506. The second-order valence-electron chi connectivity index (χ2n) is 7.32. The predicted octanol–water partition coefficient (Wildman–Crippen LogP) is 2.68. The fourth-order valence-electron chi connectivity index (χ4n) is 4.21. The van der Waals surface area contributed by atoms with E-state index in [0.29, 0.717) is 17.2 Å². The number of hydrogen-bond donors (Lipinski definition) is 1. The van der Waals surface area contributed by atoms with Crippen LogP contribution in [0.15, 0.2) is 35.3 Å². The molecule has 0 bridgehead atoms. The first-order chi connectivity index (χ1) is 13.0. The molecule has 27 heavy (non-hydrogen) atoms. The van der Waals surface area contributed by atoms with Gasteiger partial charge in [-0.15, -0.1) is 0 Å². The first kappa shape index (κ1) is 17.7. The number of likely N-dealkylation sites (N-methyl/N-ethyl adjacent to an activating group) is 1. The van der Waals surface area contributed by atoms with Crippen LogP contribution in [0.3, 0.4) is 0 Å². The Bertz CT molecular complexity index is 924. The Labute approximate surface area is 159 Å². The van der Waals surface area contributed by atoms with E-state index in [2.05, 4.69) is 16.9 Å². The van der Waals surface area contributed by atoms with Crippen molar-refractivity contribution in [3.63, 3.8) is 0 Å². The SMILES string of the molecule is COC(=O)C1C(C)=Nc2nc3c(c(N)c2C1c1ccccc1)CN(C)CC3. The van der Waals surface area contributed by atoms with Crippen molar-refractivity contribution in [3.8, 4) is 0 Å². The minimum absolute atomic E-state index is 0.254. The largest absolute Gasteiger partial charge is 0.468 e. The van der Waals surface area contributed by atoms with Crippen LogP contribution in [0.2, 0.25) is 0 Å². The quantitative estimate of drug-likeness (QED) is 0.829. The molecule has 0 fully saturated rings. The summed E-state index contributed by atoms with van der Waals surface area (Å²) in [5.41, 5.74) is 12.0. The summed E-state index contributed by atoms with van der Waals surface area (Å²) >= 11 is 0. The van der Waals surface area contributed by atoms with E-state index in [1.165, 1.54) is 7.11 Å². The molecule has 0 spiro atoms. The van der Waals surface area contributed by atoms with Crippen molar-refractivity contribution in [1.29, 1.82) is 0 Å². The summed E-state index contributed by atoms with van der Waals surface area (Å²) in [6.45, 7) is 3.58. The molecular formula is C21H24N4O2. The number of carbonyl (C=O) groups is 1. The summed E-state index contributed by atoms with van der Waals surface area (Å²) in [6.07, 6.45) is 0.855. The highest BCUT2D eigenvalue weighted by atomic mass is 16.5. The molecule has 0 saturated carbocycles. The molecule has 2 aliphatic rings. The molecular weight excluding hydrogens is 340 g/mol. The maximum atomic E-state index is 12.7. The number of anilines is 1. The number of esters is 1. The number of hydrogen-bond acceptors (Lipinski definition) is 6. The number of rotatable bonds is 2. The number of pyridine rings is 1. The van der Waals surface area contributed by atoms with E-state index in [4.69, 9.17) is 15.5 Å². The van der Waals surface area contributed by atoms with Gasteiger partial charge in [0.1, 0.15) is 5.92 Å². The van der Waals surface area contributed by atoms with E-state index < -0.39 is 5.92 Å². The Kier molecular flexibility index (Phi) is 4.44. The molecule has 2 atom stereocenters. The third-order valence-corrected chi connectivity index (χ3v) is 5.59. The lowest BCUT2D eigenvalue weighted by atomic mass is 9.75. The van der Waals surface area contributed by atoms with Gasteiger partial charge in [0.25, 0.3) is 0 Å². The summed E-state index contributed by atoms with van der Waals surface area (Å²) in [5.74, 6) is -0.420. The second kappa shape index (κ2) is 6.78. The fourth-order valence-corrected chi connectivity index (χ4v) is 4.21. The van der Waals surface area contributed by atoms with Crippen molar-refractivity contribution in [2.75, 3.05) is 26.4 Å². The normalized spacial score (nSPS) is 21.8. The molecule has 1 aromatic carbocycles. The number of benzene rings is 1. The maximum Gasteiger partial charge on any atom is 0.315 e. The first-order valence-corrected chi connectivity index (χ1v) is 9.19. The fraction of sp³-hybridized carbons (Fsp3) is 0.381. The van der Waals surface area contributed by atoms with Gasteiger partial charge in [0, 0.05) is 48.0 Å². The molecule has 6 nitrogen and oxygen atoms in total. The van der Waals surface area contributed by atoms with Crippen LogP contribution in [0.25, 0.3) is 0 Å². The number of carbonyl (C=O) groups excluding carboxylic acids is 1. The zero-order chi connectivity index (χ0) is 19.1. The number of nitrogens with zero attached hydrogens (tertiary/aromatic N) is 3. The van der Waals surface area contributed by atoms with E-state index in [0.717, 1.165) is 41.9 Å². The number of ether oxygens (including phenoxy) is 1. The Balaban J connectivity index is 1.97. The molecule has 3 heterocycles. The average molecular weight is 364 g/mol. The maximum absolute atomic E-state index is 12.7. The predicted molar refractivity (Wildman–Crippen MR) is 105 cm³/mol. The van der Waals surface area contributed by atoms with Crippen molar-refractivity contribution in [2.45, 2.75) is 25.8 Å². The molecule has 2 N–H and O–H groups in total. The first-order valence-electron chi connectivity index (χ1n) is 9.19. The van der Waals surface area contributed by atoms with Crippen LogP contribution >= 0.6 is 0 Å². The van der Waals surface area contributed by atoms with Crippen LogP contribution in [0.4, 0.5) is 11.5 Å². The third-order valence-electron chi connectivity index (χ3n) is 5.59. The van der Waals surface area contributed by atoms with Gasteiger partial charge in [0.2, 0.25) is 0 Å². The van der Waals surface area contributed by atoms with Crippen LogP contribution < -0.4 is 5.73 Å². The molecule has 0 saturated heterocycles. The van der Waals surface area contributed by atoms with Crippen molar-refractivity contribution in [3.05, 3.63) is 52.7 Å². The van der Waals surface area contributed by atoms with Crippen LogP contribution in [-0.2, 0) is 22.5 Å². The monoisotopic (exact) mass is 364 g/mol. The molecule has 2 aliphatic heterocycles. The van der Waals surface area contributed by atoms with Crippen LogP contribution in [0.1, 0.15) is 35.2 Å². The van der Waals surface area contributed by atoms with Crippen molar-refractivity contribution >= 4 is 23.2 Å². The molecule has 0 amide bonds. The van der Waals surface area contributed by atoms with Gasteiger partial charge in [0.15, 0.2) is 5.82 Å². The van der Waals surface area contributed by atoms with E-state index in [1.54, 1.807) is 0 Å². The lowest BCUT2D eigenvalue weighted by molar-refractivity contribution is -0.143. The molecule has 2 unspecified atom stereocenters. The Morgan fingerprint density at radius 3 is 2.74 bits per heavy atom. The number of aliphatic imine (C=N–C) groups is 1.